The summed E-state index contributed by atoms with van der Waals surface area (Å²) in [4.78, 5) is 49.5. The summed E-state index contributed by atoms with van der Waals surface area (Å²) in [5.74, 6) is -1.56. The minimum Gasteiger partial charge on any atom is -0.350 e. The molecule has 0 bridgehead atoms. The molecule has 4 amide bonds. The highest BCUT2D eigenvalue weighted by Crippen LogP contribution is 2.26. The molecule has 0 radical (unpaired) electrons. The second kappa shape index (κ2) is 8.79. The van der Waals surface area contributed by atoms with Crippen molar-refractivity contribution in [1.29, 1.82) is 0 Å². The number of carbonyl (C=O) groups excluding carboxylic acids is 4. The summed E-state index contributed by atoms with van der Waals surface area (Å²) in [6.45, 7) is 0.169. The number of amides is 4. The lowest BCUT2D eigenvalue weighted by Gasteiger charge is -2.13. The van der Waals surface area contributed by atoms with Crippen molar-refractivity contribution in [2.45, 2.75) is 13.0 Å². The summed E-state index contributed by atoms with van der Waals surface area (Å²) in [6, 6.07) is 14.3. The van der Waals surface area contributed by atoms with Crippen molar-refractivity contribution < 1.29 is 19.2 Å². The third-order valence-corrected chi connectivity index (χ3v) is 4.77. The standard InChI is InChI=1S/C20H18BrN3O4/c21-14-6-7-15-16(10-14)20(28)24(19(15)27)9-8-17(25)23-12-18(26)22-11-13-4-2-1-3-5-13/h1-7,10H,8-9,11-12H2,(H,22,26)(H,23,25). The smallest absolute Gasteiger partial charge is 0.261 e. The SMILES string of the molecule is O=C(CCN1C(=O)c2ccc(Br)cc2C1=O)NCC(=O)NCc1ccccc1. The van der Waals surface area contributed by atoms with E-state index in [1.54, 1.807) is 18.2 Å². The predicted molar refractivity (Wildman–Crippen MR) is 105 cm³/mol. The molecule has 0 fully saturated rings. The van der Waals surface area contributed by atoms with Crippen LogP contribution >= 0.6 is 15.9 Å². The summed E-state index contributed by atoms with van der Waals surface area (Å²) in [7, 11) is 0. The molecular weight excluding hydrogens is 426 g/mol. The number of carbonyl (C=O) groups is 4. The van der Waals surface area contributed by atoms with Gasteiger partial charge in [-0.25, -0.2) is 0 Å². The van der Waals surface area contributed by atoms with Gasteiger partial charge in [0, 0.05) is 24.0 Å². The second-order valence-corrected chi connectivity index (χ2v) is 7.16. The Morgan fingerprint density at radius 2 is 1.61 bits per heavy atom. The topological polar surface area (TPSA) is 95.6 Å². The number of nitrogens with zero attached hydrogens (tertiary/aromatic N) is 1. The van der Waals surface area contributed by atoms with Crippen molar-refractivity contribution in [3.05, 3.63) is 69.7 Å². The molecule has 1 heterocycles. The van der Waals surface area contributed by atoms with Crippen LogP contribution in [-0.4, -0.2) is 41.6 Å². The van der Waals surface area contributed by atoms with Crippen LogP contribution in [0, 0.1) is 0 Å². The van der Waals surface area contributed by atoms with Gasteiger partial charge in [-0.05, 0) is 23.8 Å². The van der Waals surface area contributed by atoms with Crippen molar-refractivity contribution >= 4 is 39.6 Å². The van der Waals surface area contributed by atoms with E-state index in [-0.39, 0.29) is 25.4 Å². The van der Waals surface area contributed by atoms with E-state index >= 15 is 0 Å². The van der Waals surface area contributed by atoms with E-state index in [9.17, 15) is 19.2 Å². The Kier molecular flexibility index (Phi) is 6.20. The molecule has 0 aromatic heterocycles. The molecule has 2 aromatic carbocycles. The molecule has 1 aliphatic heterocycles. The fourth-order valence-electron chi connectivity index (χ4n) is 2.81. The number of hydrogen-bond acceptors (Lipinski definition) is 4. The first-order valence-electron chi connectivity index (χ1n) is 8.69. The van der Waals surface area contributed by atoms with Gasteiger partial charge in [0.05, 0.1) is 17.7 Å². The normalized spacial score (nSPS) is 12.7. The quantitative estimate of drug-likeness (QED) is 0.638. The largest absolute Gasteiger partial charge is 0.350 e. The number of fused-ring (bicyclic) bond motifs is 1. The Morgan fingerprint density at radius 1 is 0.893 bits per heavy atom. The molecule has 8 heteroatoms. The van der Waals surface area contributed by atoms with Crippen LogP contribution in [0.15, 0.2) is 53.0 Å². The monoisotopic (exact) mass is 443 g/mol. The maximum Gasteiger partial charge on any atom is 0.261 e. The molecule has 3 rings (SSSR count). The van der Waals surface area contributed by atoms with Gasteiger partial charge in [-0.1, -0.05) is 46.3 Å². The van der Waals surface area contributed by atoms with Crippen LogP contribution in [-0.2, 0) is 16.1 Å². The maximum absolute atomic E-state index is 12.3. The van der Waals surface area contributed by atoms with Crippen LogP contribution < -0.4 is 10.6 Å². The lowest BCUT2D eigenvalue weighted by molar-refractivity contribution is -0.126. The average molecular weight is 444 g/mol. The Labute approximate surface area is 170 Å². The first-order valence-corrected chi connectivity index (χ1v) is 9.48. The molecule has 0 atom stereocenters. The molecule has 0 unspecified atom stereocenters. The zero-order valence-corrected chi connectivity index (χ0v) is 16.5. The number of nitrogens with one attached hydrogen (secondary N) is 2. The van der Waals surface area contributed by atoms with Gasteiger partial charge in [0.2, 0.25) is 11.8 Å². The van der Waals surface area contributed by atoms with E-state index < -0.39 is 17.7 Å². The van der Waals surface area contributed by atoms with Crippen LogP contribution in [0.4, 0.5) is 0 Å². The van der Waals surface area contributed by atoms with Crippen LogP contribution in [0.3, 0.4) is 0 Å². The number of benzene rings is 2. The zero-order valence-electron chi connectivity index (χ0n) is 14.9. The highest BCUT2D eigenvalue weighted by Gasteiger charge is 2.35. The lowest BCUT2D eigenvalue weighted by Crippen LogP contribution is -2.39. The number of rotatable bonds is 7. The van der Waals surface area contributed by atoms with Crippen molar-refractivity contribution in [3.8, 4) is 0 Å². The minimum absolute atomic E-state index is 0.0402. The first kappa shape index (κ1) is 19.8. The van der Waals surface area contributed by atoms with Crippen LogP contribution in [0.2, 0.25) is 0 Å². The fourth-order valence-corrected chi connectivity index (χ4v) is 3.17. The first-order chi connectivity index (χ1) is 13.5. The fraction of sp³-hybridized carbons (Fsp3) is 0.200. The molecule has 0 aliphatic carbocycles. The average Bonchev–Trinajstić information content (AvgIpc) is 2.93. The Balaban J connectivity index is 1.43. The van der Waals surface area contributed by atoms with Gasteiger partial charge in [0.15, 0.2) is 0 Å². The van der Waals surface area contributed by atoms with E-state index in [1.165, 1.54) is 0 Å². The van der Waals surface area contributed by atoms with Gasteiger partial charge in [0.1, 0.15) is 0 Å². The minimum atomic E-state index is -0.422. The molecular formula is C20H18BrN3O4. The highest BCUT2D eigenvalue weighted by atomic mass is 79.9. The Hall–Kier alpha value is -3.00. The van der Waals surface area contributed by atoms with E-state index in [1.807, 2.05) is 30.3 Å². The summed E-state index contributed by atoms with van der Waals surface area (Å²) in [5, 5.41) is 5.20. The lowest BCUT2D eigenvalue weighted by atomic mass is 10.1. The van der Waals surface area contributed by atoms with Gasteiger partial charge in [-0.2, -0.15) is 0 Å². The molecule has 0 saturated heterocycles. The predicted octanol–water partition coefficient (Wildman–Crippen LogP) is 1.87. The highest BCUT2D eigenvalue weighted by molar-refractivity contribution is 9.10. The van der Waals surface area contributed by atoms with Gasteiger partial charge in [-0.15, -0.1) is 0 Å². The number of hydrogen-bond donors (Lipinski definition) is 2. The molecule has 0 saturated carbocycles. The van der Waals surface area contributed by atoms with E-state index in [2.05, 4.69) is 26.6 Å². The van der Waals surface area contributed by atoms with E-state index in [4.69, 9.17) is 0 Å². The van der Waals surface area contributed by atoms with Crippen LogP contribution in [0.25, 0.3) is 0 Å². The maximum atomic E-state index is 12.3. The summed E-state index contributed by atoms with van der Waals surface area (Å²) < 4.78 is 0.702. The molecule has 0 spiro atoms. The van der Waals surface area contributed by atoms with Crippen molar-refractivity contribution in [1.82, 2.24) is 15.5 Å². The van der Waals surface area contributed by atoms with E-state index in [0.717, 1.165) is 10.5 Å². The summed E-state index contributed by atoms with van der Waals surface area (Å²) in [6.07, 6.45) is -0.0708. The Morgan fingerprint density at radius 3 is 2.36 bits per heavy atom. The zero-order chi connectivity index (χ0) is 20.1. The molecule has 1 aliphatic rings. The number of halogens is 1. The van der Waals surface area contributed by atoms with Gasteiger partial charge < -0.3 is 10.6 Å². The van der Waals surface area contributed by atoms with Crippen molar-refractivity contribution in [2.24, 2.45) is 0 Å². The van der Waals surface area contributed by atoms with Crippen LogP contribution in [0.5, 0.6) is 0 Å². The molecule has 2 aromatic rings. The molecule has 7 nitrogen and oxygen atoms in total. The molecule has 2 N–H and O–H groups in total. The van der Waals surface area contributed by atoms with Gasteiger partial charge >= 0.3 is 0 Å². The van der Waals surface area contributed by atoms with Crippen molar-refractivity contribution in [2.75, 3.05) is 13.1 Å². The van der Waals surface area contributed by atoms with E-state index in [0.29, 0.717) is 22.1 Å². The summed E-state index contributed by atoms with van der Waals surface area (Å²) in [5.41, 5.74) is 1.61. The summed E-state index contributed by atoms with van der Waals surface area (Å²) >= 11 is 3.27. The molecule has 144 valence electrons. The Bertz CT molecular complexity index is 930. The third-order valence-electron chi connectivity index (χ3n) is 4.27. The molecule has 28 heavy (non-hydrogen) atoms. The van der Waals surface area contributed by atoms with Gasteiger partial charge in [-0.3, -0.25) is 24.1 Å². The third kappa shape index (κ3) is 4.64. The van der Waals surface area contributed by atoms with Crippen LogP contribution in [0.1, 0.15) is 32.7 Å². The van der Waals surface area contributed by atoms with Gasteiger partial charge in [0.25, 0.3) is 11.8 Å². The second-order valence-electron chi connectivity index (χ2n) is 6.24. The van der Waals surface area contributed by atoms with Crippen molar-refractivity contribution in [3.63, 3.8) is 0 Å². The number of imide groups is 1.